The Hall–Kier alpha value is -0.380. The Labute approximate surface area is 116 Å². The molecular formula is C12H14Cl2N2S. The number of nitrogens with zero attached hydrogens (tertiary/aromatic N) is 1. The van der Waals surface area contributed by atoms with Gasteiger partial charge in [0.15, 0.2) is 5.17 Å². The first kappa shape index (κ1) is 13.1. The van der Waals surface area contributed by atoms with E-state index < -0.39 is 0 Å². The van der Waals surface area contributed by atoms with Gasteiger partial charge in [0.05, 0.1) is 21.8 Å². The molecule has 1 heterocycles. The fourth-order valence-corrected chi connectivity index (χ4v) is 3.10. The van der Waals surface area contributed by atoms with Crippen molar-refractivity contribution in [1.29, 1.82) is 0 Å². The van der Waals surface area contributed by atoms with E-state index >= 15 is 0 Å². The third-order valence-corrected chi connectivity index (χ3v) is 4.63. The van der Waals surface area contributed by atoms with E-state index in [0.717, 1.165) is 16.6 Å². The maximum Gasteiger partial charge on any atom is 0.161 e. The SMILES string of the molecule is CC1CSC(Nc2c(Cl)cccc2Cl)=NC1C. The first-order valence-electron chi connectivity index (χ1n) is 5.49. The van der Waals surface area contributed by atoms with Crippen LogP contribution in [0.25, 0.3) is 0 Å². The van der Waals surface area contributed by atoms with E-state index in [1.807, 2.05) is 18.2 Å². The summed E-state index contributed by atoms with van der Waals surface area (Å²) in [6, 6.07) is 5.79. The molecule has 1 aliphatic heterocycles. The molecule has 0 aromatic heterocycles. The molecule has 1 aliphatic rings. The molecule has 0 fully saturated rings. The molecule has 5 heteroatoms. The Morgan fingerprint density at radius 2 is 1.94 bits per heavy atom. The summed E-state index contributed by atoms with van der Waals surface area (Å²) in [5.41, 5.74) is 0.740. The van der Waals surface area contributed by atoms with Gasteiger partial charge < -0.3 is 5.32 Å². The summed E-state index contributed by atoms with van der Waals surface area (Å²) in [5.74, 6) is 1.67. The molecule has 0 saturated carbocycles. The number of aliphatic imine (C=N–C) groups is 1. The summed E-state index contributed by atoms with van der Waals surface area (Å²) in [6.07, 6.45) is 0. The van der Waals surface area contributed by atoms with Crippen LogP contribution in [-0.4, -0.2) is 17.0 Å². The Kier molecular flexibility index (Phi) is 4.23. The summed E-state index contributed by atoms with van der Waals surface area (Å²) in [4.78, 5) is 4.59. The molecule has 0 radical (unpaired) electrons. The maximum absolute atomic E-state index is 6.10. The van der Waals surface area contributed by atoms with Crippen LogP contribution in [0.2, 0.25) is 10.0 Å². The van der Waals surface area contributed by atoms with Gasteiger partial charge in [-0.3, -0.25) is 4.99 Å². The average Bonchev–Trinajstić information content (AvgIpc) is 2.28. The monoisotopic (exact) mass is 288 g/mol. The van der Waals surface area contributed by atoms with Gasteiger partial charge in [0.2, 0.25) is 0 Å². The third-order valence-electron chi connectivity index (χ3n) is 2.82. The molecule has 0 bridgehead atoms. The third kappa shape index (κ3) is 3.09. The predicted octanol–water partition coefficient (Wildman–Crippen LogP) is 4.53. The molecule has 92 valence electrons. The zero-order valence-electron chi connectivity index (χ0n) is 9.71. The lowest BCUT2D eigenvalue weighted by Gasteiger charge is -2.24. The Morgan fingerprint density at radius 3 is 2.53 bits per heavy atom. The van der Waals surface area contributed by atoms with Crippen LogP contribution in [0.4, 0.5) is 5.69 Å². The van der Waals surface area contributed by atoms with Crippen molar-refractivity contribution in [3.05, 3.63) is 28.2 Å². The molecule has 2 unspecified atom stereocenters. The van der Waals surface area contributed by atoms with Crippen molar-refractivity contribution in [1.82, 2.24) is 0 Å². The number of amidine groups is 1. The van der Waals surface area contributed by atoms with Gasteiger partial charge in [-0.2, -0.15) is 0 Å². The number of benzene rings is 1. The van der Waals surface area contributed by atoms with E-state index in [1.54, 1.807) is 11.8 Å². The molecule has 17 heavy (non-hydrogen) atoms. The number of anilines is 1. The molecule has 2 nitrogen and oxygen atoms in total. The number of hydrogen-bond donors (Lipinski definition) is 1. The number of hydrogen-bond acceptors (Lipinski definition) is 3. The van der Waals surface area contributed by atoms with Crippen molar-refractivity contribution >= 4 is 45.8 Å². The van der Waals surface area contributed by atoms with Gasteiger partial charge in [0, 0.05) is 5.75 Å². The summed E-state index contributed by atoms with van der Waals surface area (Å²) in [7, 11) is 0. The minimum absolute atomic E-state index is 0.333. The van der Waals surface area contributed by atoms with Gasteiger partial charge in [-0.1, -0.05) is 48.0 Å². The van der Waals surface area contributed by atoms with E-state index in [9.17, 15) is 0 Å². The molecule has 1 aromatic rings. The molecule has 0 amide bonds. The van der Waals surface area contributed by atoms with Crippen LogP contribution in [0.5, 0.6) is 0 Å². The number of nitrogens with one attached hydrogen (secondary N) is 1. The Morgan fingerprint density at radius 1 is 1.29 bits per heavy atom. The first-order valence-corrected chi connectivity index (χ1v) is 7.23. The van der Waals surface area contributed by atoms with Gasteiger partial charge in [-0.15, -0.1) is 0 Å². The van der Waals surface area contributed by atoms with Crippen LogP contribution in [-0.2, 0) is 0 Å². The Bertz CT molecular complexity index is 428. The Balaban J connectivity index is 2.19. The normalized spacial score (nSPS) is 24.4. The highest BCUT2D eigenvalue weighted by molar-refractivity contribution is 8.14. The van der Waals surface area contributed by atoms with E-state index in [1.165, 1.54) is 0 Å². The highest BCUT2D eigenvalue weighted by Gasteiger charge is 2.20. The highest BCUT2D eigenvalue weighted by Crippen LogP contribution is 2.32. The van der Waals surface area contributed by atoms with Gasteiger partial charge in [-0.25, -0.2) is 0 Å². The second-order valence-corrected chi connectivity index (χ2v) is 6.01. The van der Waals surface area contributed by atoms with Crippen molar-refractivity contribution in [2.24, 2.45) is 10.9 Å². The van der Waals surface area contributed by atoms with Gasteiger partial charge in [-0.05, 0) is 25.0 Å². The maximum atomic E-state index is 6.10. The number of para-hydroxylation sites is 1. The fourth-order valence-electron chi connectivity index (χ4n) is 1.49. The minimum atomic E-state index is 0.333. The van der Waals surface area contributed by atoms with E-state index in [0.29, 0.717) is 22.0 Å². The molecular weight excluding hydrogens is 275 g/mol. The van der Waals surface area contributed by atoms with Crippen molar-refractivity contribution in [2.45, 2.75) is 19.9 Å². The molecule has 0 aliphatic carbocycles. The van der Waals surface area contributed by atoms with Crippen molar-refractivity contribution in [2.75, 3.05) is 11.1 Å². The van der Waals surface area contributed by atoms with Crippen molar-refractivity contribution in [3.63, 3.8) is 0 Å². The van der Waals surface area contributed by atoms with Crippen LogP contribution in [0.3, 0.4) is 0 Å². The second-order valence-electron chi connectivity index (χ2n) is 4.18. The van der Waals surface area contributed by atoms with Crippen molar-refractivity contribution < 1.29 is 0 Å². The largest absolute Gasteiger partial charge is 0.333 e. The summed E-state index contributed by atoms with van der Waals surface area (Å²) in [6.45, 7) is 4.33. The zero-order valence-corrected chi connectivity index (χ0v) is 12.0. The van der Waals surface area contributed by atoms with Crippen molar-refractivity contribution in [3.8, 4) is 0 Å². The molecule has 2 rings (SSSR count). The fraction of sp³-hybridized carbons (Fsp3) is 0.417. The predicted molar refractivity (Wildman–Crippen MR) is 78.6 cm³/mol. The van der Waals surface area contributed by atoms with Crippen LogP contribution in [0.15, 0.2) is 23.2 Å². The van der Waals surface area contributed by atoms with Crippen LogP contribution in [0.1, 0.15) is 13.8 Å². The smallest absolute Gasteiger partial charge is 0.161 e. The lowest BCUT2D eigenvalue weighted by atomic mass is 10.1. The molecule has 0 saturated heterocycles. The van der Waals surface area contributed by atoms with Gasteiger partial charge in [0.1, 0.15) is 0 Å². The second kappa shape index (κ2) is 5.51. The highest BCUT2D eigenvalue weighted by atomic mass is 35.5. The standard InChI is InChI=1S/C12H14Cl2N2S/c1-7-6-17-12(15-8(7)2)16-11-9(13)4-3-5-10(11)14/h3-5,7-8H,6H2,1-2H3,(H,15,16). The lowest BCUT2D eigenvalue weighted by Crippen LogP contribution is -2.25. The summed E-state index contributed by atoms with van der Waals surface area (Å²) >= 11 is 13.9. The number of thioether (sulfide) groups is 1. The minimum Gasteiger partial charge on any atom is -0.333 e. The quantitative estimate of drug-likeness (QED) is 0.821. The topological polar surface area (TPSA) is 24.4 Å². The molecule has 1 aromatic carbocycles. The first-order chi connectivity index (χ1) is 8.08. The number of halogens is 2. The lowest BCUT2D eigenvalue weighted by molar-refractivity contribution is 0.537. The van der Waals surface area contributed by atoms with E-state index in [-0.39, 0.29) is 0 Å². The summed E-state index contributed by atoms with van der Waals surface area (Å²) < 4.78 is 0. The average molecular weight is 289 g/mol. The van der Waals surface area contributed by atoms with E-state index in [4.69, 9.17) is 23.2 Å². The summed E-state index contributed by atoms with van der Waals surface area (Å²) in [5, 5.41) is 5.35. The molecule has 1 N–H and O–H groups in total. The van der Waals surface area contributed by atoms with Gasteiger partial charge >= 0.3 is 0 Å². The molecule has 2 atom stereocenters. The van der Waals surface area contributed by atoms with Crippen LogP contribution < -0.4 is 5.32 Å². The van der Waals surface area contributed by atoms with Crippen LogP contribution >= 0.6 is 35.0 Å². The van der Waals surface area contributed by atoms with E-state index in [2.05, 4.69) is 24.2 Å². The number of rotatable bonds is 1. The van der Waals surface area contributed by atoms with Gasteiger partial charge in [0.25, 0.3) is 0 Å². The molecule has 0 spiro atoms. The van der Waals surface area contributed by atoms with Crippen LogP contribution in [0, 0.1) is 5.92 Å². The zero-order chi connectivity index (χ0) is 12.4.